The van der Waals surface area contributed by atoms with Crippen LogP contribution in [0.3, 0.4) is 0 Å². The third-order valence-corrected chi connectivity index (χ3v) is 3.03. The molecule has 0 spiro atoms. The van der Waals surface area contributed by atoms with Gasteiger partial charge in [-0.2, -0.15) is 0 Å². The van der Waals surface area contributed by atoms with Crippen molar-refractivity contribution >= 4 is 11.6 Å². The lowest BCUT2D eigenvalue weighted by atomic mass is 10.3. The van der Waals surface area contributed by atoms with Crippen molar-refractivity contribution in [2.45, 2.75) is 20.3 Å². The van der Waals surface area contributed by atoms with Crippen LogP contribution in [0.15, 0.2) is 24.3 Å². The fraction of sp³-hybridized carbons (Fsp3) is 0.533. The van der Waals surface area contributed by atoms with E-state index in [9.17, 15) is 9.18 Å². The van der Waals surface area contributed by atoms with Crippen LogP contribution in [0.2, 0.25) is 0 Å². The first kappa shape index (κ1) is 16.6. The van der Waals surface area contributed by atoms with E-state index in [0.717, 1.165) is 32.6 Å². The summed E-state index contributed by atoms with van der Waals surface area (Å²) in [5, 5.41) is 5.62. The predicted molar refractivity (Wildman–Crippen MR) is 80.3 cm³/mol. The molecule has 0 unspecified atom stereocenters. The zero-order valence-electron chi connectivity index (χ0n) is 12.3. The van der Waals surface area contributed by atoms with E-state index in [2.05, 4.69) is 29.4 Å². The molecule has 0 aliphatic rings. The number of rotatable bonds is 9. The van der Waals surface area contributed by atoms with Crippen LogP contribution in [0.4, 0.5) is 10.1 Å². The van der Waals surface area contributed by atoms with Gasteiger partial charge in [-0.1, -0.05) is 26.0 Å². The number of halogens is 1. The Morgan fingerprint density at radius 1 is 1.25 bits per heavy atom. The number of benzene rings is 1. The van der Waals surface area contributed by atoms with Gasteiger partial charge >= 0.3 is 0 Å². The molecule has 5 heteroatoms. The maximum absolute atomic E-state index is 13.3. The molecule has 0 heterocycles. The van der Waals surface area contributed by atoms with Gasteiger partial charge in [0.05, 0.1) is 12.2 Å². The lowest BCUT2D eigenvalue weighted by Crippen LogP contribution is -2.36. The molecule has 0 bridgehead atoms. The van der Waals surface area contributed by atoms with Gasteiger partial charge in [-0.05, 0) is 31.6 Å². The first-order chi connectivity index (χ1) is 9.67. The van der Waals surface area contributed by atoms with E-state index in [1.165, 1.54) is 6.07 Å². The largest absolute Gasteiger partial charge is 0.322 e. The molecule has 0 saturated carbocycles. The number of likely N-dealkylation sites (N-methyl/N-ethyl adjacent to an activating group) is 1. The van der Waals surface area contributed by atoms with Crippen LogP contribution in [0.1, 0.15) is 20.3 Å². The summed E-state index contributed by atoms with van der Waals surface area (Å²) in [5.41, 5.74) is 0.223. The van der Waals surface area contributed by atoms with E-state index in [0.29, 0.717) is 0 Å². The van der Waals surface area contributed by atoms with Gasteiger partial charge in [-0.25, -0.2) is 4.39 Å². The number of amides is 1. The maximum atomic E-state index is 13.3. The minimum atomic E-state index is -0.416. The molecule has 1 rings (SSSR count). The lowest BCUT2D eigenvalue weighted by Gasteiger charge is -2.19. The molecule has 4 nitrogen and oxygen atoms in total. The summed E-state index contributed by atoms with van der Waals surface area (Å²) in [5.74, 6) is -0.644. The Morgan fingerprint density at radius 2 is 2.00 bits per heavy atom. The van der Waals surface area contributed by atoms with Crippen LogP contribution in [-0.2, 0) is 4.79 Å². The topological polar surface area (TPSA) is 44.4 Å². The molecule has 1 amide bonds. The summed E-state index contributed by atoms with van der Waals surface area (Å²) in [6, 6.07) is 6.16. The number of nitrogens with zero attached hydrogens (tertiary/aromatic N) is 1. The molecule has 2 N–H and O–H groups in total. The molecule has 0 atom stereocenters. The molecular weight excluding hydrogens is 257 g/mol. The van der Waals surface area contributed by atoms with E-state index in [-0.39, 0.29) is 18.1 Å². The fourth-order valence-corrected chi connectivity index (χ4v) is 1.94. The van der Waals surface area contributed by atoms with Crippen LogP contribution in [0.5, 0.6) is 0 Å². The standard InChI is InChI=1S/C15H24FN3O/c1-3-10-19(4-2)11-9-17-12-15(20)18-14-8-6-5-7-13(14)16/h5-8,17H,3-4,9-12H2,1-2H3,(H,18,20). The molecule has 1 aromatic carbocycles. The number of hydrogen-bond acceptors (Lipinski definition) is 3. The van der Waals surface area contributed by atoms with Gasteiger partial charge in [0.1, 0.15) is 5.82 Å². The van der Waals surface area contributed by atoms with Gasteiger partial charge in [0.25, 0.3) is 0 Å². The number of para-hydroxylation sites is 1. The van der Waals surface area contributed by atoms with Crippen molar-refractivity contribution in [1.29, 1.82) is 0 Å². The van der Waals surface area contributed by atoms with Crippen molar-refractivity contribution in [2.75, 3.05) is 38.0 Å². The second-order valence-corrected chi connectivity index (χ2v) is 4.64. The van der Waals surface area contributed by atoms with Crippen molar-refractivity contribution < 1.29 is 9.18 Å². The average molecular weight is 281 g/mol. The molecule has 0 fully saturated rings. The van der Waals surface area contributed by atoms with Crippen molar-refractivity contribution in [3.8, 4) is 0 Å². The van der Waals surface area contributed by atoms with Crippen LogP contribution in [0.25, 0.3) is 0 Å². The average Bonchev–Trinajstić information content (AvgIpc) is 2.44. The molecule has 20 heavy (non-hydrogen) atoms. The molecule has 0 aliphatic heterocycles. The maximum Gasteiger partial charge on any atom is 0.238 e. The lowest BCUT2D eigenvalue weighted by molar-refractivity contribution is -0.115. The number of hydrogen-bond donors (Lipinski definition) is 2. The predicted octanol–water partition coefficient (Wildman–Crippen LogP) is 2.09. The van der Waals surface area contributed by atoms with Crippen LogP contribution >= 0.6 is 0 Å². The van der Waals surface area contributed by atoms with Gasteiger partial charge in [0.15, 0.2) is 0 Å². The molecule has 112 valence electrons. The Morgan fingerprint density at radius 3 is 2.65 bits per heavy atom. The Labute approximate surface area is 120 Å². The van der Waals surface area contributed by atoms with Gasteiger partial charge < -0.3 is 15.5 Å². The summed E-state index contributed by atoms with van der Waals surface area (Å²) in [6.45, 7) is 8.21. The second kappa shape index (κ2) is 9.44. The van der Waals surface area contributed by atoms with E-state index < -0.39 is 5.82 Å². The summed E-state index contributed by atoms with van der Waals surface area (Å²) in [4.78, 5) is 14.0. The number of carbonyl (C=O) groups excluding carboxylic acids is 1. The zero-order chi connectivity index (χ0) is 14.8. The van der Waals surface area contributed by atoms with E-state index >= 15 is 0 Å². The smallest absolute Gasteiger partial charge is 0.238 e. The highest BCUT2D eigenvalue weighted by Gasteiger charge is 2.06. The summed E-state index contributed by atoms with van der Waals surface area (Å²) in [7, 11) is 0. The van der Waals surface area contributed by atoms with Crippen LogP contribution in [-0.4, -0.2) is 43.5 Å². The summed E-state index contributed by atoms with van der Waals surface area (Å²) < 4.78 is 13.3. The minimum absolute atomic E-state index is 0.192. The highest BCUT2D eigenvalue weighted by Crippen LogP contribution is 2.11. The molecule has 0 radical (unpaired) electrons. The van der Waals surface area contributed by atoms with Crippen molar-refractivity contribution in [2.24, 2.45) is 0 Å². The Hall–Kier alpha value is -1.46. The third-order valence-electron chi connectivity index (χ3n) is 3.03. The van der Waals surface area contributed by atoms with E-state index in [4.69, 9.17) is 0 Å². The summed E-state index contributed by atoms with van der Waals surface area (Å²) >= 11 is 0. The van der Waals surface area contributed by atoms with E-state index in [1.54, 1.807) is 18.2 Å². The Balaban J connectivity index is 2.22. The van der Waals surface area contributed by atoms with Crippen molar-refractivity contribution in [1.82, 2.24) is 10.2 Å². The van der Waals surface area contributed by atoms with Gasteiger partial charge in [-0.3, -0.25) is 4.79 Å². The SMILES string of the molecule is CCCN(CC)CCNCC(=O)Nc1ccccc1F. The van der Waals surface area contributed by atoms with Gasteiger partial charge in [0.2, 0.25) is 5.91 Å². The molecular formula is C15H24FN3O. The van der Waals surface area contributed by atoms with Crippen molar-refractivity contribution in [3.63, 3.8) is 0 Å². The molecule has 0 aromatic heterocycles. The van der Waals surface area contributed by atoms with E-state index in [1.807, 2.05) is 0 Å². The molecule has 1 aromatic rings. The first-order valence-corrected chi connectivity index (χ1v) is 7.14. The Bertz CT molecular complexity index is 412. The number of anilines is 1. The van der Waals surface area contributed by atoms with Gasteiger partial charge in [-0.15, -0.1) is 0 Å². The molecule has 0 saturated heterocycles. The normalized spacial score (nSPS) is 10.8. The summed E-state index contributed by atoms with van der Waals surface area (Å²) in [6.07, 6.45) is 1.13. The zero-order valence-corrected chi connectivity index (χ0v) is 12.3. The second-order valence-electron chi connectivity index (χ2n) is 4.64. The van der Waals surface area contributed by atoms with Gasteiger partial charge in [0, 0.05) is 13.1 Å². The fourth-order valence-electron chi connectivity index (χ4n) is 1.94. The highest BCUT2D eigenvalue weighted by molar-refractivity contribution is 5.92. The Kier molecular flexibility index (Phi) is 7.84. The highest BCUT2D eigenvalue weighted by atomic mass is 19.1. The minimum Gasteiger partial charge on any atom is -0.322 e. The van der Waals surface area contributed by atoms with Crippen LogP contribution in [0, 0.1) is 5.82 Å². The number of carbonyl (C=O) groups is 1. The monoisotopic (exact) mass is 281 g/mol. The third kappa shape index (κ3) is 6.12. The number of nitrogens with one attached hydrogen (secondary N) is 2. The molecule has 0 aliphatic carbocycles. The quantitative estimate of drug-likeness (QED) is 0.681. The van der Waals surface area contributed by atoms with Crippen LogP contribution < -0.4 is 10.6 Å². The van der Waals surface area contributed by atoms with Crippen molar-refractivity contribution in [3.05, 3.63) is 30.1 Å². The first-order valence-electron chi connectivity index (χ1n) is 7.14.